The summed E-state index contributed by atoms with van der Waals surface area (Å²) in [5.41, 5.74) is 11.1. The van der Waals surface area contributed by atoms with Crippen molar-refractivity contribution in [1.29, 1.82) is 0 Å². The van der Waals surface area contributed by atoms with Crippen LogP contribution in [0.4, 0.5) is 5.69 Å². The number of hydrogen-bond acceptors (Lipinski definition) is 3. The first-order valence-electron chi connectivity index (χ1n) is 4.80. The number of aryl methyl sites for hydroxylation is 1. The molecule has 1 heterocycles. The van der Waals surface area contributed by atoms with Crippen molar-refractivity contribution in [3.63, 3.8) is 0 Å². The van der Waals surface area contributed by atoms with Crippen LogP contribution in [0.5, 0.6) is 0 Å². The molecule has 0 spiro atoms. The Balaban J connectivity index is 2.63. The normalized spacial score (nSPS) is 10.3. The maximum atomic E-state index is 5.92. The van der Waals surface area contributed by atoms with Crippen molar-refractivity contribution in [3.8, 4) is 11.1 Å². The lowest BCUT2D eigenvalue weighted by Gasteiger charge is -2.09. The van der Waals surface area contributed by atoms with Crippen LogP contribution in [0.2, 0.25) is 0 Å². The molecule has 2 N–H and O–H groups in total. The number of nitrogens with zero attached hydrogens (tertiary/aromatic N) is 2. The van der Waals surface area contributed by atoms with Crippen LogP contribution in [0.15, 0.2) is 30.9 Å². The second-order valence-corrected chi connectivity index (χ2v) is 3.65. The van der Waals surface area contributed by atoms with Gasteiger partial charge in [0.15, 0.2) is 0 Å². The summed E-state index contributed by atoms with van der Waals surface area (Å²) in [4.78, 5) is 8.02. The fraction of sp³-hybridized carbons (Fsp3) is 0.167. The molecule has 0 atom stereocenters. The smallest absolute Gasteiger partial charge is 0.115 e. The average Bonchev–Trinajstić information content (AvgIpc) is 2.24. The van der Waals surface area contributed by atoms with Gasteiger partial charge < -0.3 is 5.73 Å². The van der Waals surface area contributed by atoms with Gasteiger partial charge in [0, 0.05) is 23.6 Å². The maximum Gasteiger partial charge on any atom is 0.115 e. The number of benzene rings is 1. The molecule has 2 aromatic rings. The van der Waals surface area contributed by atoms with E-state index < -0.39 is 0 Å². The van der Waals surface area contributed by atoms with E-state index >= 15 is 0 Å². The summed E-state index contributed by atoms with van der Waals surface area (Å²) in [7, 11) is 0. The van der Waals surface area contributed by atoms with Crippen LogP contribution in [0.1, 0.15) is 11.1 Å². The van der Waals surface area contributed by atoms with E-state index in [1.165, 1.54) is 6.33 Å². The molecule has 0 bridgehead atoms. The maximum absolute atomic E-state index is 5.92. The summed E-state index contributed by atoms with van der Waals surface area (Å²) in [6.45, 7) is 4.04. The van der Waals surface area contributed by atoms with Gasteiger partial charge in [-0.3, -0.25) is 0 Å². The van der Waals surface area contributed by atoms with Gasteiger partial charge in [-0.15, -0.1) is 0 Å². The van der Waals surface area contributed by atoms with Crippen LogP contribution in [0.3, 0.4) is 0 Å². The minimum atomic E-state index is 0.814. The van der Waals surface area contributed by atoms with E-state index in [2.05, 4.69) is 16.0 Å². The van der Waals surface area contributed by atoms with E-state index in [0.29, 0.717) is 0 Å². The zero-order valence-corrected chi connectivity index (χ0v) is 8.86. The van der Waals surface area contributed by atoms with Gasteiger partial charge in [-0.25, -0.2) is 9.97 Å². The second kappa shape index (κ2) is 3.69. The van der Waals surface area contributed by atoms with Crippen LogP contribution in [0, 0.1) is 13.8 Å². The van der Waals surface area contributed by atoms with Gasteiger partial charge in [-0.2, -0.15) is 0 Å². The highest BCUT2D eigenvalue weighted by Gasteiger charge is 2.05. The van der Waals surface area contributed by atoms with Gasteiger partial charge in [0.2, 0.25) is 0 Å². The van der Waals surface area contributed by atoms with Crippen LogP contribution in [-0.2, 0) is 0 Å². The highest BCUT2D eigenvalue weighted by Crippen LogP contribution is 2.27. The molecule has 0 aliphatic heterocycles. The molecule has 3 nitrogen and oxygen atoms in total. The van der Waals surface area contributed by atoms with Crippen molar-refractivity contribution < 1.29 is 0 Å². The summed E-state index contributed by atoms with van der Waals surface area (Å²) >= 11 is 0. The number of nitrogen functional groups attached to an aromatic ring is 1. The standard InChI is InChI=1S/C12H13N3/c1-8-3-11(9(2)12(13)4-8)10-5-14-7-15-6-10/h3-7H,13H2,1-2H3. The summed E-state index contributed by atoms with van der Waals surface area (Å²) in [5, 5.41) is 0. The fourth-order valence-corrected chi connectivity index (χ4v) is 1.62. The van der Waals surface area contributed by atoms with E-state index in [9.17, 15) is 0 Å². The first kappa shape index (κ1) is 9.65. The lowest BCUT2D eigenvalue weighted by atomic mass is 9.99. The first-order valence-corrected chi connectivity index (χ1v) is 4.80. The summed E-state index contributed by atoms with van der Waals surface area (Å²) in [5.74, 6) is 0. The largest absolute Gasteiger partial charge is 0.398 e. The number of nitrogens with two attached hydrogens (primary N) is 1. The van der Waals surface area contributed by atoms with Gasteiger partial charge in [-0.1, -0.05) is 6.07 Å². The minimum Gasteiger partial charge on any atom is -0.398 e. The van der Waals surface area contributed by atoms with E-state index in [4.69, 9.17) is 5.73 Å². The third-order valence-corrected chi connectivity index (χ3v) is 2.46. The molecular weight excluding hydrogens is 186 g/mol. The highest BCUT2D eigenvalue weighted by atomic mass is 14.8. The molecule has 0 saturated heterocycles. The Morgan fingerprint density at radius 3 is 2.40 bits per heavy atom. The molecule has 1 aromatic carbocycles. The summed E-state index contributed by atoms with van der Waals surface area (Å²) in [6, 6.07) is 4.08. The van der Waals surface area contributed by atoms with Crippen molar-refractivity contribution >= 4 is 5.69 Å². The molecule has 0 saturated carbocycles. The second-order valence-electron chi connectivity index (χ2n) is 3.65. The third kappa shape index (κ3) is 1.81. The van der Waals surface area contributed by atoms with Crippen molar-refractivity contribution in [2.45, 2.75) is 13.8 Å². The molecule has 0 radical (unpaired) electrons. The van der Waals surface area contributed by atoms with E-state index in [1.54, 1.807) is 12.4 Å². The summed E-state index contributed by atoms with van der Waals surface area (Å²) in [6.07, 6.45) is 5.13. The lowest BCUT2D eigenvalue weighted by Crippen LogP contribution is -1.94. The molecular formula is C12H13N3. The Kier molecular flexibility index (Phi) is 2.37. The molecule has 3 heteroatoms. The fourth-order valence-electron chi connectivity index (χ4n) is 1.62. The van der Waals surface area contributed by atoms with Crippen LogP contribution in [0.25, 0.3) is 11.1 Å². The van der Waals surface area contributed by atoms with E-state index in [0.717, 1.165) is 27.9 Å². The Bertz CT molecular complexity index is 478. The zero-order valence-electron chi connectivity index (χ0n) is 8.86. The Labute approximate surface area is 89.0 Å². The topological polar surface area (TPSA) is 51.8 Å². The number of aromatic nitrogens is 2. The Morgan fingerprint density at radius 2 is 1.73 bits per heavy atom. The number of hydrogen-bond donors (Lipinski definition) is 1. The molecule has 0 aliphatic rings. The van der Waals surface area contributed by atoms with Crippen LogP contribution in [-0.4, -0.2) is 9.97 Å². The van der Waals surface area contributed by atoms with Gasteiger partial charge in [0.25, 0.3) is 0 Å². The first-order chi connectivity index (χ1) is 7.18. The van der Waals surface area contributed by atoms with Gasteiger partial charge >= 0.3 is 0 Å². The molecule has 0 amide bonds. The number of rotatable bonds is 1. The predicted octanol–water partition coefficient (Wildman–Crippen LogP) is 2.34. The van der Waals surface area contributed by atoms with E-state index in [1.807, 2.05) is 19.9 Å². The minimum absolute atomic E-state index is 0.814. The van der Waals surface area contributed by atoms with Crippen molar-refractivity contribution in [3.05, 3.63) is 42.0 Å². The molecule has 2 rings (SSSR count). The lowest BCUT2D eigenvalue weighted by molar-refractivity contribution is 1.17. The van der Waals surface area contributed by atoms with Gasteiger partial charge in [0.1, 0.15) is 6.33 Å². The zero-order chi connectivity index (χ0) is 10.8. The molecule has 0 aliphatic carbocycles. The Morgan fingerprint density at radius 1 is 1.07 bits per heavy atom. The van der Waals surface area contributed by atoms with Crippen molar-refractivity contribution in [2.24, 2.45) is 0 Å². The average molecular weight is 199 g/mol. The SMILES string of the molecule is Cc1cc(N)c(C)c(-c2cncnc2)c1. The molecule has 1 aromatic heterocycles. The van der Waals surface area contributed by atoms with Crippen LogP contribution >= 0.6 is 0 Å². The van der Waals surface area contributed by atoms with Crippen molar-refractivity contribution in [2.75, 3.05) is 5.73 Å². The number of anilines is 1. The van der Waals surface area contributed by atoms with Gasteiger partial charge in [0.05, 0.1) is 0 Å². The molecule has 15 heavy (non-hydrogen) atoms. The van der Waals surface area contributed by atoms with Crippen LogP contribution < -0.4 is 5.73 Å². The van der Waals surface area contributed by atoms with E-state index in [-0.39, 0.29) is 0 Å². The quantitative estimate of drug-likeness (QED) is 0.717. The Hall–Kier alpha value is -1.90. The predicted molar refractivity (Wildman–Crippen MR) is 61.4 cm³/mol. The molecule has 76 valence electrons. The van der Waals surface area contributed by atoms with Gasteiger partial charge in [-0.05, 0) is 36.6 Å². The monoisotopic (exact) mass is 199 g/mol. The summed E-state index contributed by atoms with van der Waals surface area (Å²) < 4.78 is 0. The third-order valence-electron chi connectivity index (χ3n) is 2.46. The molecule has 0 unspecified atom stereocenters. The molecule has 0 fully saturated rings. The highest BCUT2D eigenvalue weighted by molar-refractivity contribution is 5.72. The van der Waals surface area contributed by atoms with Crippen molar-refractivity contribution in [1.82, 2.24) is 9.97 Å².